The fourth-order valence-electron chi connectivity index (χ4n) is 4.15. The lowest BCUT2D eigenvalue weighted by Crippen LogP contribution is -2.25. The Morgan fingerprint density at radius 2 is 1.90 bits per heavy atom. The highest BCUT2D eigenvalue weighted by atomic mass is 16.6. The van der Waals surface area contributed by atoms with Gasteiger partial charge in [0.05, 0.1) is 19.3 Å². The highest BCUT2D eigenvalue weighted by molar-refractivity contribution is 5.89. The number of carbonyl (C=O) groups excluding carboxylic acids is 2. The van der Waals surface area contributed by atoms with E-state index in [1.165, 1.54) is 5.56 Å². The van der Waals surface area contributed by atoms with Gasteiger partial charge in [0.25, 0.3) is 0 Å². The summed E-state index contributed by atoms with van der Waals surface area (Å²) in [6.07, 6.45) is 6.23. The second-order valence-electron chi connectivity index (χ2n) is 7.93. The number of unbranched alkanes of at least 4 members (excludes halogenated alkanes) is 1. The normalized spacial score (nSPS) is 24.5. The third-order valence-electron chi connectivity index (χ3n) is 5.75. The molecule has 0 spiro atoms. The van der Waals surface area contributed by atoms with Crippen LogP contribution in [0.3, 0.4) is 0 Å². The first-order valence-corrected chi connectivity index (χ1v) is 10.5. The Bertz CT molecular complexity index is 670. The number of ether oxygens (including phenoxy) is 3. The van der Waals surface area contributed by atoms with Crippen molar-refractivity contribution >= 4 is 17.7 Å². The van der Waals surface area contributed by atoms with Gasteiger partial charge in [-0.05, 0) is 62.1 Å². The number of hydrogen-bond donors (Lipinski definition) is 1. The van der Waals surface area contributed by atoms with Crippen molar-refractivity contribution in [3.05, 3.63) is 29.8 Å². The van der Waals surface area contributed by atoms with Gasteiger partial charge in [-0.25, -0.2) is 4.79 Å². The van der Waals surface area contributed by atoms with Crippen LogP contribution in [0.15, 0.2) is 24.3 Å². The first-order chi connectivity index (χ1) is 14.1. The Labute approximate surface area is 172 Å². The molecule has 0 aromatic heterocycles. The molecule has 7 heteroatoms. The maximum Gasteiger partial charge on any atom is 0.414 e. The van der Waals surface area contributed by atoms with E-state index in [0.29, 0.717) is 38.2 Å². The minimum atomic E-state index is -0.312. The van der Waals surface area contributed by atoms with Gasteiger partial charge < -0.3 is 19.9 Å². The minimum absolute atomic E-state index is 0.210. The molecule has 1 aliphatic heterocycles. The molecule has 2 aliphatic rings. The van der Waals surface area contributed by atoms with Gasteiger partial charge in [-0.2, -0.15) is 0 Å². The van der Waals surface area contributed by atoms with Crippen LogP contribution in [0.4, 0.5) is 10.5 Å². The maximum absolute atomic E-state index is 12.1. The monoisotopic (exact) mass is 404 g/mol. The SMILES string of the molecule is COCC1CN(c2ccc(C3CCC(OCCCCC(N)=O)CC3)cc2)C(=O)O1. The number of primary amides is 1. The molecule has 2 N–H and O–H groups in total. The van der Waals surface area contributed by atoms with Crippen molar-refractivity contribution in [2.45, 2.75) is 63.1 Å². The van der Waals surface area contributed by atoms with Gasteiger partial charge >= 0.3 is 6.09 Å². The summed E-state index contributed by atoms with van der Waals surface area (Å²) in [6, 6.07) is 8.27. The molecule has 3 rings (SSSR count). The third-order valence-corrected chi connectivity index (χ3v) is 5.75. The van der Waals surface area contributed by atoms with Crippen molar-refractivity contribution in [3.63, 3.8) is 0 Å². The standard InChI is InChI=1S/C22H32N2O5/c1-27-15-20-14-24(22(26)29-20)18-9-5-16(6-10-18)17-7-11-19(12-8-17)28-13-3-2-4-21(23)25/h5-6,9-10,17,19-20H,2-4,7-8,11-15H2,1H3,(H2,23,25). The van der Waals surface area contributed by atoms with Crippen molar-refractivity contribution in [2.75, 3.05) is 31.8 Å². The Balaban J connectivity index is 1.42. The smallest absolute Gasteiger partial charge is 0.414 e. The molecule has 1 unspecified atom stereocenters. The average Bonchev–Trinajstić information content (AvgIpc) is 3.08. The molecule has 1 aliphatic carbocycles. The summed E-state index contributed by atoms with van der Waals surface area (Å²) in [7, 11) is 1.61. The summed E-state index contributed by atoms with van der Waals surface area (Å²) in [6.45, 7) is 1.64. The zero-order valence-corrected chi connectivity index (χ0v) is 17.2. The molecule has 1 saturated heterocycles. The van der Waals surface area contributed by atoms with E-state index >= 15 is 0 Å². The molecule has 160 valence electrons. The second-order valence-corrected chi connectivity index (χ2v) is 7.93. The van der Waals surface area contributed by atoms with Crippen LogP contribution in [0.5, 0.6) is 0 Å². The molecule has 2 fully saturated rings. The first-order valence-electron chi connectivity index (χ1n) is 10.5. The van der Waals surface area contributed by atoms with Crippen molar-refractivity contribution in [1.82, 2.24) is 0 Å². The Morgan fingerprint density at radius 1 is 1.17 bits per heavy atom. The number of cyclic esters (lactones) is 1. The lowest BCUT2D eigenvalue weighted by Gasteiger charge is -2.29. The van der Waals surface area contributed by atoms with Crippen LogP contribution in [0.1, 0.15) is 56.4 Å². The number of rotatable bonds is 10. The fourth-order valence-corrected chi connectivity index (χ4v) is 4.15. The van der Waals surface area contributed by atoms with E-state index in [1.807, 2.05) is 12.1 Å². The molecule has 1 saturated carbocycles. The van der Waals surface area contributed by atoms with Gasteiger partial charge in [0.2, 0.25) is 5.91 Å². The third kappa shape index (κ3) is 6.18. The summed E-state index contributed by atoms with van der Waals surface area (Å²) in [5, 5.41) is 0. The Morgan fingerprint density at radius 3 is 2.55 bits per heavy atom. The number of nitrogens with zero attached hydrogens (tertiary/aromatic N) is 1. The van der Waals surface area contributed by atoms with E-state index in [9.17, 15) is 9.59 Å². The molecular weight excluding hydrogens is 372 g/mol. The summed E-state index contributed by atoms with van der Waals surface area (Å²) in [4.78, 5) is 24.5. The van der Waals surface area contributed by atoms with Crippen LogP contribution in [-0.4, -0.2) is 51.1 Å². The van der Waals surface area contributed by atoms with E-state index < -0.39 is 0 Å². The van der Waals surface area contributed by atoms with E-state index in [0.717, 1.165) is 44.2 Å². The van der Waals surface area contributed by atoms with E-state index in [4.69, 9.17) is 19.9 Å². The van der Waals surface area contributed by atoms with Crippen LogP contribution >= 0.6 is 0 Å². The largest absolute Gasteiger partial charge is 0.441 e. The topological polar surface area (TPSA) is 91.1 Å². The van der Waals surface area contributed by atoms with Crippen molar-refractivity contribution in [2.24, 2.45) is 5.73 Å². The fraction of sp³-hybridized carbons (Fsp3) is 0.636. The molecular formula is C22H32N2O5. The van der Waals surface area contributed by atoms with Gasteiger partial charge in [-0.3, -0.25) is 9.69 Å². The van der Waals surface area contributed by atoms with Crippen LogP contribution < -0.4 is 10.6 Å². The van der Waals surface area contributed by atoms with Crippen LogP contribution in [0.25, 0.3) is 0 Å². The molecule has 29 heavy (non-hydrogen) atoms. The van der Waals surface area contributed by atoms with Crippen molar-refractivity contribution in [3.8, 4) is 0 Å². The predicted molar refractivity (Wildman–Crippen MR) is 110 cm³/mol. The predicted octanol–water partition coefficient (Wildman–Crippen LogP) is 3.36. The van der Waals surface area contributed by atoms with E-state index in [2.05, 4.69) is 12.1 Å². The second kappa shape index (κ2) is 10.6. The van der Waals surface area contributed by atoms with Gasteiger partial charge in [0, 0.05) is 25.8 Å². The van der Waals surface area contributed by atoms with E-state index in [1.54, 1.807) is 12.0 Å². The number of methoxy groups -OCH3 is 1. The molecule has 0 bridgehead atoms. The number of anilines is 1. The highest BCUT2D eigenvalue weighted by Gasteiger charge is 2.32. The molecule has 1 aromatic rings. The molecule has 0 radical (unpaired) electrons. The van der Waals surface area contributed by atoms with E-state index in [-0.39, 0.29) is 18.1 Å². The zero-order valence-electron chi connectivity index (χ0n) is 17.2. The average molecular weight is 405 g/mol. The summed E-state index contributed by atoms with van der Waals surface area (Å²) >= 11 is 0. The zero-order chi connectivity index (χ0) is 20.6. The number of benzene rings is 1. The molecule has 7 nitrogen and oxygen atoms in total. The maximum atomic E-state index is 12.1. The molecule has 1 aromatic carbocycles. The van der Waals surface area contributed by atoms with Crippen LogP contribution in [0.2, 0.25) is 0 Å². The lowest BCUT2D eigenvalue weighted by molar-refractivity contribution is -0.118. The Hall–Kier alpha value is -2.12. The minimum Gasteiger partial charge on any atom is -0.441 e. The highest BCUT2D eigenvalue weighted by Crippen LogP contribution is 2.35. The van der Waals surface area contributed by atoms with Crippen molar-refractivity contribution in [1.29, 1.82) is 0 Å². The molecule has 1 atom stereocenters. The first kappa shape index (κ1) is 21.6. The number of hydrogen-bond acceptors (Lipinski definition) is 5. The summed E-state index contributed by atoms with van der Waals surface area (Å²) < 4.78 is 16.3. The number of amides is 2. The lowest BCUT2D eigenvalue weighted by atomic mass is 9.82. The number of carbonyl (C=O) groups is 2. The number of nitrogens with two attached hydrogens (primary N) is 1. The van der Waals surface area contributed by atoms with Gasteiger partial charge in [0.15, 0.2) is 0 Å². The summed E-state index contributed by atoms with van der Waals surface area (Å²) in [5.74, 6) is 0.290. The molecule has 1 heterocycles. The van der Waals surface area contributed by atoms with Gasteiger partial charge in [-0.1, -0.05) is 12.1 Å². The van der Waals surface area contributed by atoms with Crippen LogP contribution in [-0.2, 0) is 19.0 Å². The van der Waals surface area contributed by atoms with Gasteiger partial charge in [0.1, 0.15) is 6.10 Å². The quantitative estimate of drug-likeness (QED) is 0.604. The van der Waals surface area contributed by atoms with Crippen LogP contribution in [0, 0.1) is 0 Å². The Kier molecular flexibility index (Phi) is 7.89. The molecule has 2 amide bonds. The van der Waals surface area contributed by atoms with Crippen molar-refractivity contribution < 1.29 is 23.8 Å². The van der Waals surface area contributed by atoms with Gasteiger partial charge in [-0.15, -0.1) is 0 Å². The summed E-state index contributed by atoms with van der Waals surface area (Å²) in [5.41, 5.74) is 7.33.